The molecule has 0 bridgehead atoms. The van der Waals surface area contributed by atoms with Crippen LogP contribution in [0.15, 0.2) is 77.0 Å². The number of amides is 2. The quantitative estimate of drug-likeness (QED) is 0.379. The molecule has 6 heteroatoms. The van der Waals surface area contributed by atoms with E-state index >= 15 is 0 Å². The van der Waals surface area contributed by atoms with Gasteiger partial charge in [0.2, 0.25) is 0 Å². The number of rotatable bonds is 7. The van der Waals surface area contributed by atoms with Crippen LogP contribution < -0.4 is 10.6 Å². The Hall–Kier alpha value is -4.06. The van der Waals surface area contributed by atoms with Gasteiger partial charge < -0.3 is 20.0 Å². The number of aryl methyl sites for hydroxylation is 2. The highest BCUT2D eigenvalue weighted by molar-refractivity contribution is 6.05. The topological polar surface area (TPSA) is 87.1 Å². The lowest BCUT2D eigenvalue weighted by molar-refractivity contribution is -0.117. The fourth-order valence-corrected chi connectivity index (χ4v) is 3.63. The van der Waals surface area contributed by atoms with Crippen LogP contribution in [0.2, 0.25) is 0 Å². The molecular formula is C26H25N3O3. The van der Waals surface area contributed by atoms with E-state index in [1.54, 1.807) is 24.3 Å². The molecule has 0 aliphatic rings. The highest BCUT2D eigenvalue weighted by Crippen LogP contribution is 2.22. The zero-order valence-electron chi connectivity index (χ0n) is 18.1. The number of para-hydroxylation sites is 1. The van der Waals surface area contributed by atoms with Crippen LogP contribution >= 0.6 is 0 Å². The summed E-state index contributed by atoms with van der Waals surface area (Å²) in [6, 6.07) is 18.7. The number of furan rings is 1. The van der Waals surface area contributed by atoms with Crippen molar-refractivity contribution < 1.29 is 14.0 Å². The van der Waals surface area contributed by atoms with Crippen LogP contribution in [0.4, 0.5) is 0 Å². The maximum Gasteiger partial charge on any atom is 0.267 e. The first kappa shape index (κ1) is 21.2. The first-order valence-electron chi connectivity index (χ1n) is 10.5. The Balaban J connectivity index is 1.47. The first-order chi connectivity index (χ1) is 15.5. The molecule has 0 aliphatic carbocycles. The standard InChI is InChI=1S/C26H25N3O3/c1-17-9-11-19(12-10-17)25(30)29-24(16-20-6-5-15-32-20)26(31)27-14-13-21-18(2)28-23-8-4-3-7-22(21)23/h3-12,15-16,28H,13-14H2,1-2H3,(H,27,31)(H,29,30). The van der Waals surface area contributed by atoms with Crippen LogP contribution in [0.25, 0.3) is 17.0 Å². The van der Waals surface area contributed by atoms with Gasteiger partial charge in [-0.2, -0.15) is 0 Å². The summed E-state index contributed by atoms with van der Waals surface area (Å²) >= 11 is 0. The number of nitrogens with one attached hydrogen (secondary N) is 3. The molecule has 2 aromatic heterocycles. The lowest BCUT2D eigenvalue weighted by atomic mass is 10.1. The van der Waals surface area contributed by atoms with Crippen molar-refractivity contribution in [1.82, 2.24) is 15.6 Å². The van der Waals surface area contributed by atoms with Gasteiger partial charge in [0.25, 0.3) is 11.8 Å². The summed E-state index contributed by atoms with van der Waals surface area (Å²) in [4.78, 5) is 29.0. The summed E-state index contributed by atoms with van der Waals surface area (Å²) in [6.07, 6.45) is 3.71. The zero-order valence-corrected chi connectivity index (χ0v) is 18.1. The Labute approximate surface area is 186 Å². The van der Waals surface area contributed by atoms with Gasteiger partial charge in [-0.3, -0.25) is 9.59 Å². The van der Waals surface area contributed by atoms with Crippen molar-refractivity contribution in [2.45, 2.75) is 20.3 Å². The summed E-state index contributed by atoms with van der Waals surface area (Å²) in [5.74, 6) is -0.253. The summed E-state index contributed by atoms with van der Waals surface area (Å²) in [7, 11) is 0. The molecule has 0 saturated carbocycles. The summed E-state index contributed by atoms with van der Waals surface area (Å²) < 4.78 is 5.33. The number of H-pyrrole nitrogens is 1. The smallest absolute Gasteiger partial charge is 0.267 e. The lowest BCUT2D eigenvalue weighted by Gasteiger charge is -2.11. The van der Waals surface area contributed by atoms with Gasteiger partial charge in [-0.1, -0.05) is 35.9 Å². The van der Waals surface area contributed by atoms with Crippen molar-refractivity contribution in [1.29, 1.82) is 0 Å². The third-order valence-corrected chi connectivity index (χ3v) is 5.32. The van der Waals surface area contributed by atoms with Gasteiger partial charge in [-0.15, -0.1) is 0 Å². The van der Waals surface area contributed by atoms with Gasteiger partial charge >= 0.3 is 0 Å². The Morgan fingerprint density at radius 1 is 1.00 bits per heavy atom. The molecular weight excluding hydrogens is 402 g/mol. The highest BCUT2D eigenvalue weighted by Gasteiger charge is 2.16. The monoisotopic (exact) mass is 427 g/mol. The second kappa shape index (κ2) is 9.39. The van der Waals surface area contributed by atoms with Crippen molar-refractivity contribution in [3.63, 3.8) is 0 Å². The molecule has 0 aliphatic heterocycles. The third kappa shape index (κ3) is 4.81. The maximum atomic E-state index is 12.9. The van der Waals surface area contributed by atoms with Crippen molar-refractivity contribution in [2.24, 2.45) is 0 Å². The van der Waals surface area contributed by atoms with Crippen LogP contribution in [-0.2, 0) is 11.2 Å². The molecule has 4 rings (SSSR count). The van der Waals surface area contributed by atoms with E-state index in [1.807, 2.05) is 44.2 Å². The first-order valence-corrected chi connectivity index (χ1v) is 10.5. The van der Waals surface area contributed by atoms with Gasteiger partial charge in [-0.25, -0.2) is 0 Å². The molecule has 0 spiro atoms. The van der Waals surface area contributed by atoms with E-state index in [4.69, 9.17) is 4.42 Å². The highest BCUT2D eigenvalue weighted by atomic mass is 16.3. The van der Waals surface area contributed by atoms with E-state index in [2.05, 4.69) is 21.7 Å². The van der Waals surface area contributed by atoms with Crippen molar-refractivity contribution in [3.05, 3.63) is 101 Å². The molecule has 0 atom stereocenters. The summed E-state index contributed by atoms with van der Waals surface area (Å²) in [5, 5.41) is 6.78. The average molecular weight is 428 g/mol. The van der Waals surface area contributed by atoms with Crippen LogP contribution in [0.3, 0.4) is 0 Å². The number of aromatic nitrogens is 1. The number of hydrogen-bond acceptors (Lipinski definition) is 3. The fourth-order valence-electron chi connectivity index (χ4n) is 3.63. The van der Waals surface area contributed by atoms with E-state index in [0.29, 0.717) is 24.3 Å². The number of aromatic amines is 1. The van der Waals surface area contributed by atoms with E-state index in [1.165, 1.54) is 17.9 Å². The largest absolute Gasteiger partial charge is 0.465 e. The third-order valence-electron chi connectivity index (χ3n) is 5.32. The average Bonchev–Trinajstić information content (AvgIpc) is 3.41. The van der Waals surface area contributed by atoms with Crippen LogP contribution in [0.1, 0.15) is 32.9 Å². The Kier molecular flexibility index (Phi) is 6.22. The summed E-state index contributed by atoms with van der Waals surface area (Å²) in [5.41, 5.74) is 4.98. The molecule has 32 heavy (non-hydrogen) atoms. The van der Waals surface area contributed by atoms with E-state index < -0.39 is 0 Å². The van der Waals surface area contributed by atoms with Gasteiger partial charge in [0.15, 0.2) is 0 Å². The summed E-state index contributed by atoms with van der Waals surface area (Å²) in [6.45, 7) is 4.41. The van der Waals surface area contributed by atoms with Crippen LogP contribution in [0, 0.1) is 13.8 Å². The molecule has 6 nitrogen and oxygen atoms in total. The lowest BCUT2D eigenvalue weighted by Crippen LogP contribution is -2.35. The zero-order chi connectivity index (χ0) is 22.5. The molecule has 0 radical (unpaired) electrons. The number of fused-ring (bicyclic) bond motifs is 1. The van der Waals surface area contributed by atoms with Crippen molar-refractivity contribution in [2.75, 3.05) is 6.54 Å². The van der Waals surface area contributed by atoms with Crippen LogP contribution in [-0.4, -0.2) is 23.3 Å². The van der Waals surface area contributed by atoms with E-state index in [9.17, 15) is 9.59 Å². The predicted molar refractivity (Wildman–Crippen MR) is 125 cm³/mol. The second-order valence-corrected chi connectivity index (χ2v) is 7.67. The molecule has 2 heterocycles. The SMILES string of the molecule is Cc1ccc(C(=O)NC(=Cc2ccco2)C(=O)NCCc2c(C)[nH]c3ccccc23)cc1. The Bertz CT molecular complexity index is 1270. The van der Waals surface area contributed by atoms with Crippen LogP contribution in [0.5, 0.6) is 0 Å². The predicted octanol–water partition coefficient (Wildman–Crippen LogP) is 4.51. The molecule has 3 N–H and O–H groups in total. The van der Waals surface area contributed by atoms with E-state index in [0.717, 1.165) is 22.2 Å². The molecule has 2 amide bonds. The van der Waals surface area contributed by atoms with Gasteiger partial charge in [0.05, 0.1) is 6.26 Å². The molecule has 0 saturated heterocycles. The minimum atomic E-state index is -0.376. The van der Waals surface area contributed by atoms with Gasteiger partial charge in [0.1, 0.15) is 11.5 Å². The number of hydrogen-bond donors (Lipinski definition) is 3. The number of benzene rings is 2. The molecule has 162 valence electrons. The van der Waals surface area contributed by atoms with Gasteiger partial charge in [0, 0.05) is 34.8 Å². The maximum absolute atomic E-state index is 12.9. The second-order valence-electron chi connectivity index (χ2n) is 7.67. The number of carbonyl (C=O) groups excluding carboxylic acids is 2. The Morgan fingerprint density at radius 3 is 2.53 bits per heavy atom. The molecule has 0 unspecified atom stereocenters. The minimum absolute atomic E-state index is 0.126. The Morgan fingerprint density at radius 2 is 1.78 bits per heavy atom. The van der Waals surface area contributed by atoms with Crippen molar-refractivity contribution >= 4 is 28.8 Å². The minimum Gasteiger partial charge on any atom is -0.465 e. The van der Waals surface area contributed by atoms with Crippen molar-refractivity contribution in [3.8, 4) is 0 Å². The normalized spacial score (nSPS) is 11.5. The van der Waals surface area contributed by atoms with Gasteiger partial charge in [-0.05, 0) is 56.2 Å². The molecule has 4 aromatic rings. The molecule has 0 fully saturated rings. The van der Waals surface area contributed by atoms with E-state index in [-0.39, 0.29) is 17.5 Å². The molecule has 2 aromatic carbocycles. The number of carbonyl (C=O) groups is 2. The fraction of sp³-hybridized carbons (Fsp3) is 0.154.